The molecule has 4 N–H and O–H groups in total. The first-order valence-corrected chi connectivity index (χ1v) is 10.3. The van der Waals surface area contributed by atoms with Crippen LogP contribution in [0, 0.1) is 0 Å². The second kappa shape index (κ2) is 10.4. The fourth-order valence-electron chi connectivity index (χ4n) is 3.88. The molecule has 7 nitrogen and oxygen atoms in total. The lowest BCUT2D eigenvalue weighted by Gasteiger charge is -2.33. The Hall–Kier alpha value is -2.61. The Kier molecular flexibility index (Phi) is 7.68. The summed E-state index contributed by atoms with van der Waals surface area (Å²) in [6.07, 6.45) is 1.17. The Morgan fingerprint density at radius 3 is 2.53 bits per heavy atom. The molecule has 1 aliphatic heterocycles. The van der Waals surface area contributed by atoms with Crippen LogP contribution < -0.4 is 15.4 Å². The highest BCUT2D eigenvalue weighted by molar-refractivity contribution is 5.93. The van der Waals surface area contributed by atoms with Gasteiger partial charge in [0.2, 0.25) is 5.91 Å². The Labute approximate surface area is 177 Å². The summed E-state index contributed by atoms with van der Waals surface area (Å²) in [4.78, 5) is 14.6. The first-order chi connectivity index (χ1) is 14.5. The van der Waals surface area contributed by atoms with Crippen LogP contribution in [0.15, 0.2) is 42.5 Å². The quantitative estimate of drug-likeness (QED) is 0.532. The van der Waals surface area contributed by atoms with Crippen LogP contribution in [0.25, 0.3) is 0 Å². The van der Waals surface area contributed by atoms with E-state index in [1.54, 1.807) is 14.0 Å². The molecule has 0 aliphatic carbocycles. The van der Waals surface area contributed by atoms with Crippen LogP contribution in [0.4, 0.5) is 11.4 Å². The van der Waals surface area contributed by atoms with Gasteiger partial charge in [-0.1, -0.05) is 24.3 Å². The SMILES string of the molecule is COc1cccc(NC2CCN(CC(=O)Nc3ccccc3C(C)O)CC2)c1CO. The van der Waals surface area contributed by atoms with Crippen molar-refractivity contribution in [3.8, 4) is 5.75 Å². The molecule has 2 aromatic rings. The third-order valence-corrected chi connectivity index (χ3v) is 5.51. The zero-order valence-electron chi connectivity index (χ0n) is 17.6. The van der Waals surface area contributed by atoms with E-state index in [2.05, 4.69) is 15.5 Å². The number of carbonyl (C=O) groups excluding carboxylic acids is 1. The highest BCUT2D eigenvalue weighted by Gasteiger charge is 2.22. The Balaban J connectivity index is 1.51. The number of aliphatic hydroxyl groups excluding tert-OH is 2. The van der Waals surface area contributed by atoms with Gasteiger partial charge in [0.25, 0.3) is 0 Å². The molecule has 3 rings (SSSR count). The molecule has 7 heteroatoms. The molecule has 1 heterocycles. The third kappa shape index (κ3) is 5.50. The van der Waals surface area contributed by atoms with Crippen LogP contribution in [0.3, 0.4) is 0 Å². The number of hydrogen-bond donors (Lipinski definition) is 4. The molecule has 162 valence electrons. The van der Waals surface area contributed by atoms with Gasteiger partial charge in [0.1, 0.15) is 5.75 Å². The number of nitrogens with one attached hydrogen (secondary N) is 2. The molecule has 1 atom stereocenters. The number of ether oxygens (including phenoxy) is 1. The van der Waals surface area contributed by atoms with E-state index in [0.717, 1.165) is 37.2 Å². The van der Waals surface area contributed by atoms with Gasteiger partial charge in [0.15, 0.2) is 0 Å². The smallest absolute Gasteiger partial charge is 0.238 e. The van der Waals surface area contributed by atoms with Gasteiger partial charge < -0.3 is 25.6 Å². The molecule has 1 unspecified atom stereocenters. The van der Waals surface area contributed by atoms with Crippen molar-refractivity contribution in [2.75, 3.05) is 37.4 Å². The van der Waals surface area contributed by atoms with Gasteiger partial charge in [-0.25, -0.2) is 0 Å². The van der Waals surface area contributed by atoms with Crippen LogP contribution >= 0.6 is 0 Å². The topological polar surface area (TPSA) is 94.1 Å². The van der Waals surface area contributed by atoms with Crippen LogP contribution in [0.1, 0.15) is 37.0 Å². The lowest BCUT2D eigenvalue weighted by atomic mass is 10.0. The zero-order chi connectivity index (χ0) is 21.5. The standard InChI is InChI=1S/C23H31N3O4/c1-16(28)18-6-3-4-7-20(18)25-23(29)14-26-12-10-17(11-13-26)24-21-8-5-9-22(30-2)19(21)15-27/h3-9,16-17,24,27-28H,10-15H2,1-2H3,(H,25,29). The molecule has 0 spiro atoms. The first kappa shape index (κ1) is 22.1. The predicted octanol–water partition coefficient (Wildman–Crippen LogP) is 2.76. The minimum absolute atomic E-state index is 0.0788. The van der Waals surface area contributed by atoms with Gasteiger partial charge in [-0.15, -0.1) is 0 Å². The number of aliphatic hydroxyl groups is 2. The van der Waals surface area contributed by atoms with Crippen LogP contribution in [0.5, 0.6) is 5.75 Å². The van der Waals surface area contributed by atoms with E-state index in [1.165, 1.54) is 0 Å². The maximum absolute atomic E-state index is 12.5. The summed E-state index contributed by atoms with van der Waals surface area (Å²) in [6.45, 7) is 3.54. The molecule has 1 amide bonds. The van der Waals surface area contributed by atoms with Crippen molar-refractivity contribution in [2.24, 2.45) is 0 Å². The summed E-state index contributed by atoms with van der Waals surface area (Å²) >= 11 is 0. The van der Waals surface area contributed by atoms with Gasteiger partial charge in [-0.2, -0.15) is 0 Å². The lowest BCUT2D eigenvalue weighted by molar-refractivity contribution is -0.117. The van der Waals surface area contributed by atoms with E-state index in [9.17, 15) is 15.0 Å². The second-order valence-corrected chi connectivity index (χ2v) is 7.65. The summed E-state index contributed by atoms with van der Waals surface area (Å²) in [5.74, 6) is 0.596. The van der Waals surface area contributed by atoms with Crippen molar-refractivity contribution in [2.45, 2.75) is 38.5 Å². The van der Waals surface area contributed by atoms with Crippen LogP contribution in [-0.4, -0.2) is 53.8 Å². The maximum atomic E-state index is 12.5. The summed E-state index contributed by atoms with van der Waals surface area (Å²) in [5.41, 5.74) is 3.02. The molecule has 0 saturated carbocycles. The van der Waals surface area contributed by atoms with Crippen LogP contribution in [0.2, 0.25) is 0 Å². The molecule has 1 saturated heterocycles. The van der Waals surface area contributed by atoms with E-state index < -0.39 is 6.10 Å². The van der Waals surface area contributed by atoms with Crippen molar-refractivity contribution in [1.82, 2.24) is 4.90 Å². The van der Waals surface area contributed by atoms with Crippen LogP contribution in [-0.2, 0) is 11.4 Å². The maximum Gasteiger partial charge on any atom is 0.238 e. The fraction of sp³-hybridized carbons (Fsp3) is 0.435. The van der Waals surface area contributed by atoms with Gasteiger partial charge >= 0.3 is 0 Å². The largest absolute Gasteiger partial charge is 0.496 e. The number of likely N-dealkylation sites (tertiary alicyclic amines) is 1. The average molecular weight is 414 g/mol. The number of nitrogens with zero attached hydrogens (tertiary/aromatic N) is 1. The lowest BCUT2D eigenvalue weighted by Crippen LogP contribution is -2.42. The van der Waals surface area contributed by atoms with Gasteiger partial charge in [-0.3, -0.25) is 9.69 Å². The minimum Gasteiger partial charge on any atom is -0.496 e. The number of carbonyl (C=O) groups is 1. The zero-order valence-corrected chi connectivity index (χ0v) is 17.6. The number of methoxy groups -OCH3 is 1. The number of piperidine rings is 1. The van der Waals surface area contributed by atoms with Crippen molar-refractivity contribution < 1.29 is 19.7 Å². The van der Waals surface area contributed by atoms with Crippen molar-refractivity contribution >= 4 is 17.3 Å². The summed E-state index contributed by atoms with van der Waals surface area (Å²) in [5, 5.41) is 26.0. The van der Waals surface area contributed by atoms with Crippen molar-refractivity contribution in [3.05, 3.63) is 53.6 Å². The Morgan fingerprint density at radius 1 is 1.17 bits per heavy atom. The van der Waals surface area contributed by atoms with Gasteiger partial charge in [0.05, 0.1) is 26.4 Å². The highest BCUT2D eigenvalue weighted by Crippen LogP contribution is 2.28. The molecule has 1 fully saturated rings. The number of amides is 1. The number of para-hydroxylation sites is 1. The van der Waals surface area contributed by atoms with Gasteiger partial charge in [-0.05, 0) is 38.0 Å². The van der Waals surface area contributed by atoms with E-state index in [0.29, 0.717) is 23.5 Å². The monoisotopic (exact) mass is 413 g/mol. The average Bonchev–Trinajstić information content (AvgIpc) is 2.75. The van der Waals surface area contributed by atoms with E-state index in [-0.39, 0.29) is 18.6 Å². The highest BCUT2D eigenvalue weighted by atomic mass is 16.5. The first-order valence-electron chi connectivity index (χ1n) is 10.3. The second-order valence-electron chi connectivity index (χ2n) is 7.65. The molecule has 0 radical (unpaired) electrons. The molecule has 2 aromatic carbocycles. The fourth-order valence-corrected chi connectivity index (χ4v) is 3.88. The molecular weight excluding hydrogens is 382 g/mol. The summed E-state index contributed by atoms with van der Waals surface area (Å²) < 4.78 is 5.33. The molecule has 30 heavy (non-hydrogen) atoms. The van der Waals surface area contributed by atoms with E-state index in [1.807, 2.05) is 42.5 Å². The Bertz CT molecular complexity index is 848. The normalized spacial score (nSPS) is 16.1. The van der Waals surface area contributed by atoms with E-state index in [4.69, 9.17) is 4.74 Å². The van der Waals surface area contributed by atoms with E-state index >= 15 is 0 Å². The minimum atomic E-state index is -0.635. The molecule has 1 aliphatic rings. The molecule has 0 bridgehead atoms. The molecular formula is C23H31N3O4. The molecule has 0 aromatic heterocycles. The summed E-state index contributed by atoms with van der Waals surface area (Å²) in [6, 6.07) is 13.3. The van der Waals surface area contributed by atoms with Gasteiger partial charge in [0, 0.05) is 41.6 Å². The number of rotatable bonds is 8. The number of benzene rings is 2. The van der Waals surface area contributed by atoms with Crippen molar-refractivity contribution in [1.29, 1.82) is 0 Å². The number of anilines is 2. The van der Waals surface area contributed by atoms with Crippen molar-refractivity contribution in [3.63, 3.8) is 0 Å². The third-order valence-electron chi connectivity index (χ3n) is 5.51. The Morgan fingerprint density at radius 2 is 1.87 bits per heavy atom. The predicted molar refractivity (Wildman–Crippen MR) is 118 cm³/mol. The summed E-state index contributed by atoms with van der Waals surface area (Å²) in [7, 11) is 1.60. The number of hydrogen-bond acceptors (Lipinski definition) is 6.